The number of hydrogen-bond acceptors (Lipinski definition) is 5. The quantitative estimate of drug-likeness (QED) is 0.364. The second-order valence-electron chi connectivity index (χ2n) is 8.27. The van der Waals surface area contributed by atoms with Crippen molar-refractivity contribution in [1.82, 2.24) is 15.2 Å². The number of aromatic nitrogens is 1. The molecule has 0 atom stereocenters. The third-order valence-corrected chi connectivity index (χ3v) is 5.89. The van der Waals surface area contributed by atoms with Crippen LogP contribution in [0, 0.1) is 0 Å². The van der Waals surface area contributed by atoms with E-state index in [0.717, 1.165) is 22.3 Å². The van der Waals surface area contributed by atoms with Crippen molar-refractivity contribution in [2.75, 3.05) is 21.3 Å². The molecule has 8 nitrogen and oxygen atoms in total. The Balaban J connectivity index is 1.62. The number of fused-ring (bicyclic) bond motifs is 1. The van der Waals surface area contributed by atoms with Gasteiger partial charge in [0.1, 0.15) is 5.75 Å². The second kappa shape index (κ2) is 11.3. The molecule has 36 heavy (non-hydrogen) atoms. The number of carbonyl (C=O) groups excluding carboxylic acids is 1. The van der Waals surface area contributed by atoms with Crippen LogP contribution in [0.2, 0.25) is 0 Å². The lowest BCUT2D eigenvalue weighted by Crippen LogP contribution is -2.39. The zero-order valence-corrected chi connectivity index (χ0v) is 20.5. The number of H-pyrrole nitrogens is 1. The molecule has 0 radical (unpaired) electrons. The summed E-state index contributed by atoms with van der Waals surface area (Å²) < 4.78 is 16.0. The SMILES string of the molecule is COc1ccc(CN(Cc2cc3cc(OC)c(OC)cc3[nH]c2=O)C(=O)NCc2ccccc2)cc1. The van der Waals surface area contributed by atoms with Crippen molar-refractivity contribution in [2.45, 2.75) is 19.6 Å². The van der Waals surface area contributed by atoms with Crippen LogP contribution < -0.4 is 25.1 Å². The van der Waals surface area contributed by atoms with Gasteiger partial charge in [0.25, 0.3) is 5.56 Å². The lowest BCUT2D eigenvalue weighted by Gasteiger charge is -2.23. The number of urea groups is 1. The standard InChI is InChI=1S/C28H29N3O5/c1-34-23-11-9-20(10-12-23)17-31(28(33)29-16-19-7-5-4-6-8-19)18-22-13-21-14-25(35-2)26(36-3)15-24(21)30-27(22)32/h4-15H,16-18H2,1-3H3,(H,29,33)(H,30,32). The van der Waals surface area contributed by atoms with Gasteiger partial charge in [0.2, 0.25) is 0 Å². The first kappa shape index (κ1) is 24.7. The van der Waals surface area contributed by atoms with E-state index in [9.17, 15) is 9.59 Å². The molecule has 2 N–H and O–H groups in total. The van der Waals surface area contributed by atoms with Gasteiger partial charge >= 0.3 is 6.03 Å². The molecular weight excluding hydrogens is 458 g/mol. The van der Waals surface area contributed by atoms with E-state index in [1.54, 1.807) is 44.4 Å². The molecule has 8 heteroatoms. The number of pyridine rings is 1. The van der Waals surface area contributed by atoms with E-state index in [0.29, 0.717) is 35.7 Å². The highest BCUT2D eigenvalue weighted by molar-refractivity contribution is 5.83. The first-order valence-corrected chi connectivity index (χ1v) is 11.5. The third-order valence-electron chi connectivity index (χ3n) is 5.89. The molecule has 0 fully saturated rings. The van der Waals surface area contributed by atoms with Gasteiger partial charge in [0, 0.05) is 30.1 Å². The number of nitrogens with one attached hydrogen (secondary N) is 2. The Kier molecular flexibility index (Phi) is 7.75. The van der Waals surface area contributed by atoms with Gasteiger partial charge < -0.3 is 29.4 Å². The molecule has 0 saturated carbocycles. The van der Waals surface area contributed by atoms with Gasteiger partial charge in [-0.1, -0.05) is 42.5 Å². The number of aromatic amines is 1. The number of hydrogen-bond donors (Lipinski definition) is 2. The molecule has 0 aliphatic carbocycles. The van der Waals surface area contributed by atoms with Gasteiger partial charge in [-0.15, -0.1) is 0 Å². The Morgan fingerprint density at radius 1 is 0.833 bits per heavy atom. The number of ether oxygens (including phenoxy) is 3. The van der Waals surface area contributed by atoms with Crippen LogP contribution in [0.4, 0.5) is 4.79 Å². The Morgan fingerprint density at radius 2 is 1.53 bits per heavy atom. The molecule has 1 aromatic heterocycles. The van der Waals surface area contributed by atoms with Gasteiger partial charge in [0.15, 0.2) is 11.5 Å². The molecule has 4 rings (SSSR count). The number of carbonyl (C=O) groups is 1. The summed E-state index contributed by atoms with van der Waals surface area (Å²) in [6.07, 6.45) is 0. The lowest BCUT2D eigenvalue weighted by atomic mass is 10.1. The molecule has 0 bridgehead atoms. The van der Waals surface area contributed by atoms with Crippen molar-refractivity contribution in [3.8, 4) is 17.2 Å². The summed E-state index contributed by atoms with van der Waals surface area (Å²) in [5.41, 5.74) is 2.70. The van der Waals surface area contributed by atoms with Crippen LogP contribution in [0.1, 0.15) is 16.7 Å². The molecule has 1 heterocycles. The average Bonchev–Trinajstić information content (AvgIpc) is 2.92. The first-order valence-electron chi connectivity index (χ1n) is 11.5. The van der Waals surface area contributed by atoms with E-state index in [4.69, 9.17) is 14.2 Å². The highest BCUT2D eigenvalue weighted by Crippen LogP contribution is 2.31. The monoisotopic (exact) mass is 487 g/mol. The highest BCUT2D eigenvalue weighted by atomic mass is 16.5. The maximum atomic E-state index is 13.2. The zero-order chi connectivity index (χ0) is 25.5. The fourth-order valence-corrected chi connectivity index (χ4v) is 3.94. The number of nitrogens with zero attached hydrogens (tertiary/aromatic N) is 1. The van der Waals surface area contributed by atoms with Crippen LogP contribution in [0.25, 0.3) is 10.9 Å². The van der Waals surface area contributed by atoms with E-state index in [2.05, 4.69) is 10.3 Å². The molecule has 2 amide bonds. The fraction of sp³-hybridized carbons (Fsp3) is 0.214. The number of amides is 2. The molecule has 3 aromatic carbocycles. The van der Waals surface area contributed by atoms with Crippen molar-refractivity contribution in [3.63, 3.8) is 0 Å². The van der Waals surface area contributed by atoms with Crippen LogP contribution in [-0.2, 0) is 19.6 Å². The molecule has 0 saturated heterocycles. The minimum Gasteiger partial charge on any atom is -0.497 e. The predicted octanol–water partition coefficient (Wildman–Crippen LogP) is 4.47. The molecule has 0 aliphatic rings. The summed E-state index contributed by atoms with van der Waals surface area (Å²) in [7, 11) is 4.71. The molecule has 0 aliphatic heterocycles. The summed E-state index contributed by atoms with van der Waals surface area (Å²) in [6.45, 7) is 0.810. The molecule has 186 valence electrons. The fourth-order valence-electron chi connectivity index (χ4n) is 3.94. The normalized spacial score (nSPS) is 10.6. The lowest BCUT2D eigenvalue weighted by molar-refractivity contribution is 0.191. The molecule has 0 spiro atoms. The zero-order valence-electron chi connectivity index (χ0n) is 20.5. The Hall–Kier alpha value is -4.46. The predicted molar refractivity (Wildman–Crippen MR) is 139 cm³/mol. The van der Waals surface area contributed by atoms with Gasteiger partial charge in [0.05, 0.1) is 33.4 Å². The molecule has 0 unspecified atom stereocenters. The van der Waals surface area contributed by atoms with E-state index in [-0.39, 0.29) is 18.1 Å². The largest absolute Gasteiger partial charge is 0.497 e. The number of benzene rings is 3. The smallest absolute Gasteiger partial charge is 0.318 e. The maximum absolute atomic E-state index is 13.2. The summed E-state index contributed by atoms with van der Waals surface area (Å²) in [4.78, 5) is 30.7. The second-order valence-corrected chi connectivity index (χ2v) is 8.27. The average molecular weight is 488 g/mol. The van der Waals surface area contributed by atoms with E-state index < -0.39 is 0 Å². The van der Waals surface area contributed by atoms with Crippen molar-refractivity contribution >= 4 is 16.9 Å². The van der Waals surface area contributed by atoms with Crippen molar-refractivity contribution in [3.05, 3.63) is 99.8 Å². The maximum Gasteiger partial charge on any atom is 0.318 e. The summed E-state index contributed by atoms with van der Waals surface area (Å²) >= 11 is 0. The summed E-state index contributed by atoms with van der Waals surface area (Å²) in [5, 5.41) is 3.74. The Bertz CT molecular complexity index is 1380. The van der Waals surface area contributed by atoms with Gasteiger partial charge in [-0.2, -0.15) is 0 Å². The van der Waals surface area contributed by atoms with Crippen LogP contribution >= 0.6 is 0 Å². The molecular formula is C28H29N3O5. The minimum absolute atomic E-state index is 0.117. The third kappa shape index (κ3) is 5.78. The van der Waals surface area contributed by atoms with E-state index in [1.807, 2.05) is 54.6 Å². The van der Waals surface area contributed by atoms with Crippen molar-refractivity contribution in [1.29, 1.82) is 0 Å². The van der Waals surface area contributed by atoms with Crippen LogP contribution in [0.3, 0.4) is 0 Å². The van der Waals surface area contributed by atoms with Crippen LogP contribution in [-0.4, -0.2) is 37.2 Å². The summed E-state index contributed by atoms with van der Waals surface area (Å²) in [5.74, 6) is 1.81. The number of rotatable bonds is 9. The van der Waals surface area contributed by atoms with Crippen molar-refractivity contribution in [2.24, 2.45) is 0 Å². The Morgan fingerprint density at radius 3 is 2.19 bits per heavy atom. The molecule has 4 aromatic rings. The highest BCUT2D eigenvalue weighted by Gasteiger charge is 2.18. The van der Waals surface area contributed by atoms with Gasteiger partial charge in [-0.25, -0.2) is 4.79 Å². The topological polar surface area (TPSA) is 92.9 Å². The van der Waals surface area contributed by atoms with E-state index in [1.165, 1.54) is 0 Å². The minimum atomic E-state index is -0.276. The van der Waals surface area contributed by atoms with Crippen molar-refractivity contribution < 1.29 is 19.0 Å². The van der Waals surface area contributed by atoms with Crippen LogP contribution in [0.15, 0.2) is 77.6 Å². The first-order chi connectivity index (χ1) is 17.5. The number of methoxy groups -OCH3 is 3. The van der Waals surface area contributed by atoms with Gasteiger partial charge in [-0.3, -0.25) is 4.79 Å². The van der Waals surface area contributed by atoms with Gasteiger partial charge in [-0.05, 0) is 35.4 Å². The Labute approximate surface area is 209 Å². The summed E-state index contributed by atoms with van der Waals surface area (Å²) in [6, 6.07) is 22.2. The van der Waals surface area contributed by atoms with Crippen LogP contribution in [0.5, 0.6) is 17.2 Å². The van der Waals surface area contributed by atoms with E-state index >= 15 is 0 Å².